The zero-order chi connectivity index (χ0) is 19.9. The summed E-state index contributed by atoms with van der Waals surface area (Å²) in [6, 6.07) is 6.50. The average Bonchev–Trinajstić information content (AvgIpc) is 2.64. The first-order chi connectivity index (χ1) is 12.7. The van der Waals surface area contributed by atoms with Crippen molar-refractivity contribution in [2.45, 2.75) is 18.3 Å². The average molecular weight is 410 g/mol. The molecule has 1 aromatic carbocycles. The summed E-state index contributed by atoms with van der Waals surface area (Å²) in [4.78, 5) is 39.4. The molecule has 2 aliphatic heterocycles. The maximum absolute atomic E-state index is 12.8. The lowest BCUT2D eigenvalue weighted by atomic mass is 9.87. The van der Waals surface area contributed by atoms with E-state index >= 15 is 0 Å². The van der Waals surface area contributed by atoms with Gasteiger partial charge in [0.2, 0.25) is 5.91 Å². The molecule has 2 saturated heterocycles. The van der Waals surface area contributed by atoms with Gasteiger partial charge in [-0.05, 0) is 31.2 Å². The fourth-order valence-electron chi connectivity index (χ4n) is 3.29. The van der Waals surface area contributed by atoms with E-state index in [-0.39, 0.29) is 23.6 Å². The maximum Gasteiger partial charge on any atom is 0.323 e. The number of rotatable bonds is 5. The molecule has 1 unspecified atom stereocenters. The van der Waals surface area contributed by atoms with Crippen LogP contribution in [-0.4, -0.2) is 68.8 Å². The first kappa shape index (κ1) is 19.4. The predicted molar refractivity (Wildman–Crippen MR) is 103 cm³/mol. The van der Waals surface area contributed by atoms with Crippen LogP contribution in [0.25, 0.3) is 0 Å². The fourth-order valence-corrected chi connectivity index (χ4v) is 5.08. The number of benzene rings is 1. The molecule has 27 heavy (non-hydrogen) atoms. The highest BCUT2D eigenvalue weighted by Crippen LogP contribution is 2.45. The summed E-state index contributed by atoms with van der Waals surface area (Å²) < 4.78 is 5.14. The summed E-state index contributed by atoms with van der Waals surface area (Å²) in [7, 11) is 1.56. The third-order valence-corrected chi connectivity index (χ3v) is 6.55. The Bertz CT molecular complexity index is 798. The molecule has 2 N–H and O–H groups in total. The lowest BCUT2D eigenvalue weighted by Crippen LogP contribution is -2.75. The number of carbonyl (C=O) groups is 3. The van der Waals surface area contributed by atoms with Crippen LogP contribution in [0.1, 0.15) is 6.92 Å². The lowest BCUT2D eigenvalue weighted by Gasteiger charge is -2.55. The van der Waals surface area contributed by atoms with Crippen molar-refractivity contribution in [2.75, 3.05) is 24.3 Å². The number of ether oxygens (including phenoxy) is 1. The number of thiocarbonyl (C=S) groups is 1. The van der Waals surface area contributed by atoms with E-state index in [0.29, 0.717) is 10.7 Å². The van der Waals surface area contributed by atoms with E-state index in [0.717, 1.165) is 17.4 Å². The Morgan fingerprint density at radius 1 is 1.30 bits per heavy atom. The van der Waals surface area contributed by atoms with Gasteiger partial charge in [0.25, 0.3) is 0 Å². The number of hydrogen-bond donors (Lipinski definition) is 2. The van der Waals surface area contributed by atoms with Crippen LogP contribution in [0.15, 0.2) is 24.3 Å². The van der Waals surface area contributed by atoms with Gasteiger partial charge in [-0.1, -0.05) is 12.2 Å². The van der Waals surface area contributed by atoms with Crippen LogP contribution in [0.2, 0.25) is 0 Å². The second kappa shape index (κ2) is 7.01. The molecule has 0 spiro atoms. The Morgan fingerprint density at radius 2 is 1.89 bits per heavy atom. The number of hydrogen-bond acceptors (Lipinski definition) is 6. The molecule has 1 amide bonds. The van der Waals surface area contributed by atoms with Crippen LogP contribution in [0.5, 0.6) is 5.75 Å². The van der Waals surface area contributed by atoms with Gasteiger partial charge in [-0.2, -0.15) is 0 Å². The van der Waals surface area contributed by atoms with Crippen LogP contribution >= 0.6 is 24.0 Å². The van der Waals surface area contributed by atoms with Crippen molar-refractivity contribution in [3.05, 3.63) is 24.3 Å². The van der Waals surface area contributed by atoms with Crippen LogP contribution in [0.3, 0.4) is 0 Å². The van der Waals surface area contributed by atoms with Crippen LogP contribution in [-0.2, 0) is 14.4 Å². The fraction of sp³-hybridized carbons (Fsp3) is 0.412. The lowest BCUT2D eigenvalue weighted by molar-refractivity contribution is -0.168. The predicted octanol–water partition coefficient (Wildman–Crippen LogP) is 1.29. The Morgan fingerprint density at radius 3 is 2.37 bits per heavy atom. The monoisotopic (exact) mass is 410 g/mol. The molecule has 0 radical (unpaired) electrons. The van der Waals surface area contributed by atoms with E-state index < -0.39 is 23.4 Å². The van der Waals surface area contributed by atoms with Gasteiger partial charge >= 0.3 is 11.9 Å². The normalized spacial score (nSPS) is 23.0. The minimum atomic E-state index is -1.99. The van der Waals surface area contributed by atoms with Gasteiger partial charge in [-0.25, -0.2) is 0 Å². The standard InChI is InChI=1S/C17H18N2O6S2/c1-9(26)19(10-3-5-11(25-2)6-4-10)12-13(20)18-7-17(15(21)22,16(23)24)8-27-14(12)18/h3-6,12,14H,7-8H2,1-2H3,(H,21,22)(H,23,24)/t12?,14-/m1/s1. The molecule has 0 aromatic heterocycles. The van der Waals surface area contributed by atoms with Gasteiger partial charge in [-0.15, -0.1) is 11.8 Å². The van der Waals surface area contributed by atoms with Gasteiger partial charge < -0.3 is 24.7 Å². The number of fused-ring (bicyclic) bond motifs is 1. The van der Waals surface area contributed by atoms with Crippen molar-refractivity contribution in [1.82, 2.24) is 4.90 Å². The molecular weight excluding hydrogens is 392 g/mol. The molecule has 1 aromatic rings. The van der Waals surface area contributed by atoms with E-state index in [1.165, 1.54) is 4.90 Å². The van der Waals surface area contributed by atoms with Crippen LogP contribution in [0.4, 0.5) is 5.69 Å². The molecule has 144 valence electrons. The van der Waals surface area contributed by atoms with Crippen molar-refractivity contribution >= 4 is 52.5 Å². The first-order valence-electron chi connectivity index (χ1n) is 8.05. The second-order valence-corrected chi connectivity index (χ2v) is 8.09. The van der Waals surface area contributed by atoms with Crippen LogP contribution in [0, 0.1) is 5.41 Å². The topological polar surface area (TPSA) is 107 Å². The van der Waals surface area contributed by atoms with Gasteiger partial charge in [0.1, 0.15) is 17.2 Å². The summed E-state index contributed by atoms with van der Waals surface area (Å²) in [5.74, 6) is -2.65. The molecule has 0 bridgehead atoms. The minimum Gasteiger partial charge on any atom is -0.497 e. The number of nitrogens with zero attached hydrogens (tertiary/aromatic N) is 2. The van der Waals surface area contributed by atoms with Crippen molar-refractivity contribution in [3.8, 4) is 5.75 Å². The van der Waals surface area contributed by atoms with E-state index in [9.17, 15) is 24.6 Å². The van der Waals surface area contributed by atoms with Gasteiger partial charge in [0.15, 0.2) is 5.41 Å². The van der Waals surface area contributed by atoms with Gasteiger partial charge in [0.05, 0.1) is 12.1 Å². The molecule has 8 nitrogen and oxygen atoms in total. The van der Waals surface area contributed by atoms with Gasteiger partial charge in [-0.3, -0.25) is 14.4 Å². The molecule has 0 saturated carbocycles. The number of carbonyl (C=O) groups excluding carboxylic acids is 1. The van der Waals surface area contributed by atoms with Crippen molar-refractivity contribution in [1.29, 1.82) is 0 Å². The Kier molecular flexibility index (Phi) is 5.04. The molecule has 2 aliphatic rings. The zero-order valence-corrected chi connectivity index (χ0v) is 16.2. The number of β-lactam (4-membered cyclic amide) rings is 1. The SMILES string of the molecule is COc1ccc(N(C(C)=S)C2C(=O)N3CC(C(=O)O)(C(=O)O)CS[C@H]23)cc1. The summed E-state index contributed by atoms with van der Waals surface area (Å²) in [5, 5.41) is 18.4. The Hall–Kier alpha value is -2.33. The minimum absolute atomic E-state index is 0.116. The quantitative estimate of drug-likeness (QED) is 0.422. The molecule has 10 heteroatoms. The Labute approximate surface area is 165 Å². The third kappa shape index (κ3) is 3.02. The number of methoxy groups -OCH3 is 1. The van der Waals surface area contributed by atoms with E-state index in [1.807, 2.05) is 0 Å². The van der Waals surface area contributed by atoms with E-state index in [2.05, 4.69) is 0 Å². The molecule has 2 atom stereocenters. The third-order valence-electron chi connectivity index (χ3n) is 4.84. The molecule has 0 aliphatic carbocycles. The van der Waals surface area contributed by atoms with Crippen molar-refractivity contribution < 1.29 is 29.3 Å². The second-order valence-electron chi connectivity index (χ2n) is 6.39. The highest BCUT2D eigenvalue weighted by molar-refractivity contribution is 8.00. The zero-order valence-electron chi connectivity index (χ0n) is 14.6. The highest BCUT2D eigenvalue weighted by Gasteiger charge is 2.61. The highest BCUT2D eigenvalue weighted by atomic mass is 32.2. The summed E-state index contributed by atoms with van der Waals surface area (Å²) >= 11 is 6.49. The number of carboxylic acid groups (broad SMARTS) is 2. The molecule has 3 rings (SSSR count). The first-order valence-corrected chi connectivity index (χ1v) is 9.51. The van der Waals surface area contributed by atoms with E-state index in [4.69, 9.17) is 17.0 Å². The smallest absolute Gasteiger partial charge is 0.323 e. The number of carboxylic acids is 2. The largest absolute Gasteiger partial charge is 0.497 e. The van der Waals surface area contributed by atoms with Gasteiger partial charge in [0, 0.05) is 18.0 Å². The van der Waals surface area contributed by atoms with Crippen LogP contribution < -0.4 is 9.64 Å². The summed E-state index contributed by atoms with van der Waals surface area (Å²) in [5.41, 5.74) is -1.27. The molecular formula is C17H18N2O6S2. The van der Waals surface area contributed by atoms with Crippen molar-refractivity contribution in [2.24, 2.45) is 5.41 Å². The molecule has 2 heterocycles. The summed E-state index contributed by atoms with van der Waals surface area (Å²) in [6.45, 7) is 1.36. The molecule has 2 fully saturated rings. The number of aliphatic carboxylic acids is 2. The summed E-state index contributed by atoms with van der Waals surface area (Å²) in [6.07, 6.45) is 0. The number of thioether (sulfide) groups is 1. The van der Waals surface area contributed by atoms with Crippen molar-refractivity contribution in [3.63, 3.8) is 0 Å². The number of anilines is 1. The number of amides is 1. The van der Waals surface area contributed by atoms with E-state index in [1.54, 1.807) is 43.2 Å². The maximum atomic E-state index is 12.8. The Balaban J connectivity index is 1.86.